The molecule has 170 valence electrons. The molecule has 3 rings (SSSR count). The molecule has 0 aliphatic rings. The van der Waals surface area contributed by atoms with Crippen LogP contribution in [0.2, 0.25) is 0 Å². The Labute approximate surface area is 177 Å². The van der Waals surface area contributed by atoms with Gasteiger partial charge in [0.15, 0.2) is 17.2 Å². The van der Waals surface area contributed by atoms with Crippen LogP contribution in [0.5, 0.6) is 0 Å². The summed E-state index contributed by atoms with van der Waals surface area (Å²) in [6, 6.07) is 8.15. The number of alkyl halides is 6. The Morgan fingerprint density at radius 3 is 1.88 bits per heavy atom. The molecule has 0 aliphatic heterocycles. The molecule has 0 aliphatic carbocycles. The van der Waals surface area contributed by atoms with Crippen LogP contribution in [0.4, 0.5) is 26.3 Å². The maximum Gasteiger partial charge on any atom is 0.435 e. The summed E-state index contributed by atoms with van der Waals surface area (Å²) in [6.07, 6.45) is -10.8. The van der Waals surface area contributed by atoms with Crippen molar-refractivity contribution < 1.29 is 39.6 Å². The number of benzene rings is 2. The molecule has 0 bridgehead atoms. The molecule has 13 heteroatoms. The molecule has 0 atom stereocenters. The van der Waals surface area contributed by atoms with Crippen molar-refractivity contribution in [1.29, 1.82) is 0 Å². The first-order valence-corrected chi connectivity index (χ1v) is 10.2. The molecule has 0 saturated heterocycles. The summed E-state index contributed by atoms with van der Waals surface area (Å²) in [7, 11) is -4.21. The van der Waals surface area contributed by atoms with Crippen molar-refractivity contribution in [3.63, 3.8) is 0 Å². The standard InChI is InChI=1S/C19H13F6N3O3S/c1-10-2-4-11(5-3-10)15(29)14-16(18(20,21)22)27-28(17(14)19(23,24)25)12-6-8-13(9-7-12)32(26,30)31/h2-9H,1H3,(H2,26,30,31). The first-order chi connectivity index (χ1) is 14.6. The molecule has 1 heterocycles. The number of ketones is 1. The number of sulfonamides is 1. The van der Waals surface area contributed by atoms with E-state index in [4.69, 9.17) is 5.14 Å². The third-order valence-corrected chi connectivity index (χ3v) is 5.30. The second-order valence-electron chi connectivity index (χ2n) is 6.71. The Morgan fingerprint density at radius 2 is 1.44 bits per heavy atom. The van der Waals surface area contributed by atoms with Crippen molar-refractivity contribution in [1.82, 2.24) is 9.78 Å². The molecule has 0 radical (unpaired) electrons. The van der Waals surface area contributed by atoms with Crippen LogP contribution >= 0.6 is 0 Å². The van der Waals surface area contributed by atoms with E-state index in [1.54, 1.807) is 6.92 Å². The Kier molecular flexibility index (Phi) is 5.68. The number of aryl methyl sites for hydroxylation is 1. The lowest BCUT2D eigenvalue weighted by atomic mass is 9.99. The molecule has 0 fully saturated rings. The predicted octanol–water partition coefficient (Wildman–Crippen LogP) is 4.10. The summed E-state index contributed by atoms with van der Waals surface area (Å²) in [6.45, 7) is 1.62. The van der Waals surface area contributed by atoms with Crippen LogP contribution in [-0.4, -0.2) is 24.0 Å². The first kappa shape index (κ1) is 23.5. The van der Waals surface area contributed by atoms with Gasteiger partial charge in [0.1, 0.15) is 0 Å². The largest absolute Gasteiger partial charge is 0.435 e. The van der Waals surface area contributed by atoms with E-state index in [-0.39, 0.29) is 4.68 Å². The van der Waals surface area contributed by atoms with E-state index in [9.17, 15) is 39.6 Å². The van der Waals surface area contributed by atoms with Gasteiger partial charge in [-0.2, -0.15) is 31.4 Å². The fraction of sp³-hybridized carbons (Fsp3) is 0.158. The van der Waals surface area contributed by atoms with Crippen LogP contribution < -0.4 is 5.14 Å². The summed E-state index contributed by atoms with van der Waals surface area (Å²) < 4.78 is 105. The van der Waals surface area contributed by atoms with Crippen LogP contribution in [0, 0.1) is 6.92 Å². The average molecular weight is 477 g/mol. The molecule has 3 aromatic rings. The Balaban J connectivity index is 2.32. The van der Waals surface area contributed by atoms with Gasteiger partial charge in [0.25, 0.3) is 0 Å². The maximum absolute atomic E-state index is 13.9. The molecule has 2 aromatic carbocycles. The molecule has 6 nitrogen and oxygen atoms in total. The number of primary sulfonamides is 1. The molecule has 0 spiro atoms. The van der Waals surface area contributed by atoms with E-state index in [1.165, 1.54) is 12.1 Å². The number of carbonyl (C=O) groups is 1. The second kappa shape index (κ2) is 7.74. The fourth-order valence-electron chi connectivity index (χ4n) is 2.91. The minimum atomic E-state index is -5.41. The van der Waals surface area contributed by atoms with Crippen LogP contribution in [-0.2, 0) is 22.4 Å². The van der Waals surface area contributed by atoms with E-state index in [2.05, 4.69) is 5.10 Å². The number of rotatable bonds is 4. The Hall–Kier alpha value is -3.19. The van der Waals surface area contributed by atoms with Gasteiger partial charge in [0.2, 0.25) is 10.0 Å². The number of aromatic nitrogens is 2. The Morgan fingerprint density at radius 1 is 0.906 bits per heavy atom. The van der Waals surface area contributed by atoms with Gasteiger partial charge in [0, 0.05) is 5.56 Å². The zero-order valence-corrected chi connectivity index (χ0v) is 16.8. The first-order valence-electron chi connectivity index (χ1n) is 8.62. The lowest BCUT2D eigenvalue weighted by molar-refractivity contribution is -0.144. The number of carbonyl (C=O) groups excluding carboxylic acids is 1. The number of nitrogens with two attached hydrogens (primary N) is 1. The van der Waals surface area contributed by atoms with E-state index in [0.717, 1.165) is 36.4 Å². The monoisotopic (exact) mass is 477 g/mol. The van der Waals surface area contributed by atoms with Crippen molar-refractivity contribution in [2.75, 3.05) is 0 Å². The summed E-state index contributed by atoms with van der Waals surface area (Å²) in [5.74, 6) is -1.52. The highest BCUT2D eigenvalue weighted by Crippen LogP contribution is 2.41. The molecule has 32 heavy (non-hydrogen) atoms. The quantitative estimate of drug-likeness (QED) is 0.452. The number of hydrogen-bond acceptors (Lipinski definition) is 4. The molecule has 0 unspecified atom stereocenters. The van der Waals surface area contributed by atoms with Crippen LogP contribution in [0.1, 0.15) is 32.9 Å². The van der Waals surface area contributed by atoms with Crippen molar-refractivity contribution in [3.05, 3.63) is 76.6 Å². The second-order valence-corrected chi connectivity index (χ2v) is 8.28. The van der Waals surface area contributed by atoms with Gasteiger partial charge < -0.3 is 0 Å². The summed E-state index contributed by atoms with van der Waals surface area (Å²) in [5, 5.41) is 7.97. The van der Waals surface area contributed by atoms with Gasteiger partial charge in [-0.1, -0.05) is 29.8 Å². The normalized spacial score (nSPS) is 12.8. The van der Waals surface area contributed by atoms with Crippen LogP contribution in [0.25, 0.3) is 5.69 Å². The summed E-state index contributed by atoms with van der Waals surface area (Å²) in [5.41, 5.74) is -5.94. The maximum atomic E-state index is 13.9. The van der Waals surface area contributed by atoms with E-state index < -0.39 is 61.3 Å². The van der Waals surface area contributed by atoms with E-state index >= 15 is 0 Å². The minimum Gasteiger partial charge on any atom is -0.288 e. The van der Waals surface area contributed by atoms with Gasteiger partial charge in [-0.3, -0.25) is 4.79 Å². The van der Waals surface area contributed by atoms with E-state index in [1.807, 2.05) is 0 Å². The lowest BCUT2D eigenvalue weighted by Crippen LogP contribution is -2.19. The van der Waals surface area contributed by atoms with E-state index in [0.29, 0.717) is 5.56 Å². The minimum absolute atomic E-state index is 0.0861. The SMILES string of the molecule is Cc1ccc(C(=O)c2c(C(F)(F)F)nn(-c3ccc(S(N)(=O)=O)cc3)c2C(F)(F)F)cc1. The van der Waals surface area contributed by atoms with Gasteiger partial charge in [0.05, 0.1) is 16.1 Å². The highest BCUT2D eigenvalue weighted by atomic mass is 32.2. The van der Waals surface area contributed by atoms with Gasteiger partial charge in [-0.25, -0.2) is 18.2 Å². The molecular weight excluding hydrogens is 464 g/mol. The van der Waals surface area contributed by atoms with Gasteiger partial charge in [-0.05, 0) is 31.2 Å². The molecular formula is C19H13F6N3O3S. The van der Waals surface area contributed by atoms with Crippen LogP contribution in [0.15, 0.2) is 53.4 Å². The zero-order chi connectivity index (χ0) is 24.1. The molecule has 0 saturated carbocycles. The Bertz CT molecular complexity index is 1280. The summed E-state index contributed by atoms with van der Waals surface area (Å²) >= 11 is 0. The lowest BCUT2D eigenvalue weighted by Gasteiger charge is -2.13. The summed E-state index contributed by atoms with van der Waals surface area (Å²) in [4.78, 5) is 12.3. The molecule has 1 aromatic heterocycles. The van der Waals surface area contributed by atoms with Gasteiger partial charge in [-0.15, -0.1) is 0 Å². The fourth-order valence-corrected chi connectivity index (χ4v) is 3.42. The van der Waals surface area contributed by atoms with Gasteiger partial charge >= 0.3 is 12.4 Å². The van der Waals surface area contributed by atoms with Crippen molar-refractivity contribution in [2.45, 2.75) is 24.2 Å². The van der Waals surface area contributed by atoms with Crippen molar-refractivity contribution in [2.24, 2.45) is 5.14 Å². The van der Waals surface area contributed by atoms with Crippen molar-refractivity contribution >= 4 is 15.8 Å². The number of nitrogens with zero attached hydrogens (tertiary/aromatic N) is 2. The highest BCUT2D eigenvalue weighted by molar-refractivity contribution is 7.89. The third kappa shape index (κ3) is 4.53. The topological polar surface area (TPSA) is 95.0 Å². The van der Waals surface area contributed by atoms with Crippen molar-refractivity contribution in [3.8, 4) is 5.69 Å². The molecule has 2 N–H and O–H groups in total. The zero-order valence-electron chi connectivity index (χ0n) is 16.0. The average Bonchev–Trinajstić information content (AvgIpc) is 3.09. The van der Waals surface area contributed by atoms with Crippen LogP contribution in [0.3, 0.4) is 0 Å². The smallest absolute Gasteiger partial charge is 0.288 e. The predicted molar refractivity (Wildman–Crippen MR) is 99.6 cm³/mol. The number of halogens is 6. The third-order valence-electron chi connectivity index (χ3n) is 4.37. The highest BCUT2D eigenvalue weighted by Gasteiger charge is 2.49. The molecule has 0 amide bonds. The number of hydrogen-bond donors (Lipinski definition) is 1.